The van der Waals surface area contributed by atoms with E-state index in [1.54, 1.807) is 6.20 Å². The summed E-state index contributed by atoms with van der Waals surface area (Å²) in [6, 6.07) is 13.6. The molecule has 0 fully saturated rings. The number of nitrogens with zero attached hydrogens (tertiary/aromatic N) is 1. The lowest BCUT2D eigenvalue weighted by Gasteiger charge is -2.18. The Balaban J connectivity index is 1.82. The molecule has 2 aromatic rings. The van der Waals surface area contributed by atoms with E-state index in [4.69, 9.17) is 5.73 Å². The molecular formula is C15H17BrN2OS. The standard InChI is InChI=1S/C15H17BrN2OS/c16-12-6-7-15(18-9-12)20-10-14(19)13(17)8-11-4-2-1-3-5-11/h1-7,9,13-14,19H,8,10,17H2. The largest absolute Gasteiger partial charge is 0.391 e. The molecule has 0 spiro atoms. The summed E-state index contributed by atoms with van der Waals surface area (Å²) in [5, 5.41) is 11.0. The molecule has 0 amide bonds. The van der Waals surface area contributed by atoms with Crippen LogP contribution in [0, 0.1) is 0 Å². The SMILES string of the molecule is NC(Cc1ccccc1)C(O)CSc1ccc(Br)cn1. The first-order chi connectivity index (χ1) is 9.65. The Hall–Kier alpha value is -0.880. The van der Waals surface area contributed by atoms with Gasteiger partial charge in [0.15, 0.2) is 0 Å². The van der Waals surface area contributed by atoms with Gasteiger partial charge in [0.1, 0.15) is 0 Å². The average molecular weight is 353 g/mol. The van der Waals surface area contributed by atoms with Gasteiger partial charge in [-0.15, -0.1) is 11.8 Å². The maximum absolute atomic E-state index is 10.1. The number of nitrogens with two attached hydrogens (primary N) is 1. The third-order valence-electron chi connectivity index (χ3n) is 2.91. The Bertz CT molecular complexity index is 521. The summed E-state index contributed by atoms with van der Waals surface area (Å²) in [4.78, 5) is 4.26. The smallest absolute Gasteiger partial charge is 0.0961 e. The van der Waals surface area contributed by atoms with Crippen LogP contribution >= 0.6 is 27.7 Å². The van der Waals surface area contributed by atoms with Gasteiger partial charge in [0.05, 0.1) is 11.1 Å². The summed E-state index contributed by atoms with van der Waals surface area (Å²) in [5.41, 5.74) is 7.19. The lowest BCUT2D eigenvalue weighted by atomic mass is 10.0. The molecule has 0 saturated heterocycles. The lowest BCUT2D eigenvalue weighted by molar-refractivity contribution is 0.167. The third kappa shape index (κ3) is 4.90. The van der Waals surface area contributed by atoms with E-state index in [1.165, 1.54) is 11.8 Å². The first kappa shape index (κ1) is 15.5. The number of hydrogen-bond donors (Lipinski definition) is 2. The van der Waals surface area contributed by atoms with Gasteiger partial charge in [0, 0.05) is 22.5 Å². The molecule has 106 valence electrons. The number of aromatic nitrogens is 1. The maximum atomic E-state index is 10.1. The molecule has 1 aromatic heterocycles. The molecule has 1 aromatic carbocycles. The van der Waals surface area contributed by atoms with Crippen LogP contribution in [0.25, 0.3) is 0 Å². The number of aliphatic hydroxyl groups excluding tert-OH is 1. The molecule has 0 bridgehead atoms. The fourth-order valence-corrected chi connectivity index (χ4v) is 2.88. The van der Waals surface area contributed by atoms with Gasteiger partial charge >= 0.3 is 0 Å². The molecule has 2 rings (SSSR count). The summed E-state index contributed by atoms with van der Waals surface area (Å²) in [6.07, 6.45) is 1.88. The van der Waals surface area contributed by atoms with Crippen LogP contribution in [0.2, 0.25) is 0 Å². The highest BCUT2D eigenvalue weighted by molar-refractivity contribution is 9.10. The van der Waals surface area contributed by atoms with Gasteiger partial charge in [-0.1, -0.05) is 30.3 Å². The molecule has 5 heteroatoms. The lowest BCUT2D eigenvalue weighted by Crippen LogP contribution is -2.38. The monoisotopic (exact) mass is 352 g/mol. The van der Waals surface area contributed by atoms with Crippen LogP contribution in [0.4, 0.5) is 0 Å². The molecule has 0 saturated carbocycles. The molecule has 0 aliphatic heterocycles. The third-order valence-corrected chi connectivity index (χ3v) is 4.43. The summed E-state index contributed by atoms with van der Waals surface area (Å²) in [7, 11) is 0. The molecule has 3 nitrogen and oxygen atoms in total. The van der Waals surface area contributed by atoms with Crippen molar-refractivity contribution in [2.24, 2.45) is 5.73 Å². The van der Waals surface area contributed by atoms with Crippen LogP contribution in [0.3, 0.4) is 0 Å². The number of benzene rings is 1. The van der Waals surface area contributed by atoms with E-state index in [2.05, 4.69) is 20.9 Å². The molecule has 3 N–H and O–H groups in total. The fourth-order valence-electron chi connectivity index (χ4n) is 1.76. The highest BCUT2D eigenvalue weighted by Gasteiger charge is 2.15. The van der Waals surface area contributed by atoms with Crippen LogP contribution in [0.5, 0.6) is 0 Å². The van der Waals surface area contributed by atoms with Crippen molar-refractivity contribution in [1.82, 2.24) is 4.98 Å². The normalized spacial score (nSPS) is 13.9. The predicted molar refractivity (Wildman–Crippen MR) is 86.8 cm³/mol. The zero-order valence-electron chi connectivity index (χ0n) is 10.9. The zero-order chi connectivity index (χ0) is 14.4. The Morgan fingerprint density at radius 1 is 1.20 bits per heavy atom. The van der Waals surface area contributed by atoms with Gasteiger partial charge in [-0.05, 0) is 40.0 Å². The molecule has 2 atom stereocenters. The van der Waals surface area contributed by atoms with E-state index >= 15 is 0 Å². The van der Waals surface area contributed by atoms with Gasteiger partial charge in [0.25, 0.3) is 0 Å². The van der Waals surface area contributed by atoms with Crippen molar-refractivity contribution in [3.8, 4) is 0 Å². The molecule has 20 heavy (non-hydrogen) atoms. The minimum absolute atomic E-state index is 0.264. The van der Waals surface area contributed by atoms with Crippen molar-refractivity contribution in [1.29, 1.82) is 0 Å². The predicted octanol–water partition coefficient (Wildman–Crippen LogP) is 2.87. The number of rotatable bonds is 6. The van der Waals surface area contributed by atoms with Gasteiger partial charge in [-0.3, -0.25) is 0 Å². The minimum Gasteiger partial charge on any atom is -0.391 e. The van der Waals surface area contributed by atoms with Crippen LogP contribution in [0.15, 0.2) is 58.2 Å². The minimum atomic E-state index is -0.550. The van der Waals surface area contributed by atoms with E-state index in [0.717, 1.165) is 15.1 Å². The van der Waals surface area contributed by atoms with Gasteiger partial charge in [-0.2, -0.15) is 0 Å². The van der Waals surface area contributed by atoms with Crippen molar-refractivity contribution in [2.75, 3.05) is 5.75 Å². The van der Waals surface area contributed by atoms with Crippen molar-refractivity contribution in [3.05, 3.63) is 58.7 Å². The molecule has 0 aliphatic carbocycles. The second-order valence-corrected chi connectivity index (χ2v) is 6.50. The Morgan fingerprint density at radius 3 is 2.60 bits per heavy atom. The number of halogens is 1. The maximum Gasteiger partial charge on any atom is 0.0961 e. The second-order valence-electron chi connectivity index (χ2n) is 4.55. The van der Waals surface area contributed by atoms with E-state index in [-0.39, 0.29) is 6.04 Å². The van der Waals surface area contributed by atoms with Crippen molar-refractivity contribution in [2.45, 2.75) is 23.6 Å². The molecule has 0 aliphatic rings. The number of aliphatic hydroxyl groups is 1. The average Bonchev–Trinajstić information content (AvgIpc) is 2.47. The zero-order valence-corrected chi connectivity index (χ0v) is 13.3. The Kier molecular flexibility index (Phi) is 6.04. The summed E-state index contributed by atoms with van der Waals surface area (Å²) in [5.74, 6) is 0.544. The highest BCUT2D eigenvalue weighted by atomic mass is 79.9. The summed E-state index contributed by atoms with van der Waals surface area (Å²) in [6.45, 7) is 0. The van der Waals surface area contributed by atoms with Gasteiger partial charge in [-0.25, -0.2) is 4.98 Å². The van der Waals surface area contributed by atoms with Crippen LogP contribution in [-0.2, 0) is 6.42 Å². The molecule has 0 radical (unpaired) electrons. The van der Waals surface area contributed by atoms with E-state index in [9.17, 15) is 5.11 Å². The first-order valence-electron chi connectivity index (χ1n) is 6.37. The van der Waals surface area contributed by atoms with Gasteiger partial charge in [0.2, 0.25) is 0 Å². The van der Waals surface area contributed by atoms with E-state index < -0.39 is 6.10 Å². The Morgan fingerprint density at radius 2 is 1.95 bits per heavy atom. The number of pyridine rings is 1. The summed E-state index contributed by atoms with van der Waals surface area (Å²) >= 11 is 4.86. The molecule has 1 heterocycles. The fraction of sp³-hybridized carbons (Fsp3) is 0.267. The van der Waals surface area contributed by atoms with E-state index in [1.807, 2.05) is 42.5 Å². The molecular weight excluding hydrogens is 336 g/mol. The highest BCUT2D eigenvalue weighted by Crippen LogP contribution is 2.19. The second kappa shape index (κ2) is 7.78. The molecule has 2 unspecified atom stereocenters. The topological polar surface area (TPSA) is 59.1 Å². The van der Waals surface area contributed by atoms with Crippen LogP contribution in [-0.4, -0.2) is 28.0 Å². The Labute approximate surface area is 131 Å². The van der Waals surface area contributed by atoms with Crippen molar-refractivity contribution < 1.29 is 5.11 Å². The summed E-state index contributed by atoms with van der Waals surface area (Å²) < 4.78 is 0.947. The van der Waals surface area contributed by atoms with E-state index in [0.29, 0.717) is 12.2 Å². The first-order valence-corrected chi connectivity index (χ1v) is 8.15. The number of thioether (sulfide) groups is 1. The van der Waals surface area contributed by atoms with Crippen LogP contribution in [0.1, 0.15) is 5.56 Å². The number of hydrogen-bond acceptors (Lipinski definition) is 4. The van der Waals surface area contributed by atoms with Crippen LogP contribution < -0.4 is 5.73 Å². The van der Waals surface area contributed by atoms with Gasteiger partial charge < -0.3 is 10.8 Å². The van der Waals surface area contributed by atoms with Crippen molar-refractivity contribution >= 4 is 27.7 Å². The quantitative estimate of drug-likeness (QED) is 0.784. The van der Waals surface area contributed by atoms with Crippen molar-refractivity contribution in [3.63, 3.8) is 0 Å².